The lowest BCUT2D eigenvalue weighted by Gasteiger charge is -2.30. The zero-order chi connectivity index (χ0) is 33.3. The highest BCUT2D eigenvalue weighted by Gasteiger charge is 2.34. The SMILES string of the molecule is Cc1cccc(-c2[nH]ncc2-c2ccc3nccc(C(=O)NCCCCCCNC(=O)[C@@H]4CCCN4C(=O)CN4CCOCC4)c3n2)n1. The van der Waals surface area contributed by atoms with E-state index in [2.05, 4.69) is 35.7 Å². The molecule has 6 rings (SSSR count). The molecule has 0 aliphatic carbocycles. The van der Waals surface area contributed by atoms with Crippen LogP contribution < -0.4 is 10.6 Å². The summed E-state index contributed by atoms with van der Waals surface area (Å²) in [5.41, 5.74) is 5.51. The molecule has 0 aromatic carbocycles. The normalized spacial score (nSPS) is 16.7. The number of nitrogens with zero attached hydrogens (tertiary/aromatic N) is 6. The molecular weight excluding hydrogens is 610 g/mol. The molecule has 3 N–H and O–H groups in total. The number of rotatable bonds is 13. The number of amides is 3. The Hall–Kier alpha value is -4.75. The van der Waals surface area contributed by atoms with Crippen molar-refractivity contribution >= 4 is 28.8 Å². The number of pyridine rings is 3. The largest absolute Gasteiger partial charge is 0.379 e. The minimum atomic E-state index is -0.379. The number of nitrogens with one attached hydrogen (secondary N) is 3. The van der Waals surface area contributed by atoms with Gasteiger partial charge < -0.3 is 20.3 Å². The maximum Gasteiger partial charge on any atom is 0.253 e. The fourth-order valence-electron chi connectivity index (χ4n) is 6.33. The Labute approximate surface area is 279 Å². The van der Waals surface area contributed by atoms with Crippen molar-refractivity contribution in [2.75, 3.05) is 52.5 Å². The van der Waals surface area contributed by atoms with Crippen LogP contribution in [0.25, 0.3) is 33.7 Å². The number of carbonyl (C=O) groups excluding carboxylic acids is 3. The third-order valence-electron chi connectivity index (χ3n) is 8.91. The van der Waals surface area contributed by atoms with Gasteiger partial charge in [0.25, 0.3) is 5.91 Å². The average Bonchev–Trinajstić information content (AvgIpc) is 3.80. The molecule has 6 heterocycles. The van der Waals surface area contributed by atoms with Crippen molar-refractivity contribution in [3.05, 3.63) is 60.0 Å². The fraction of sp³-hybridized carbons (Fsp3) is 0.457. The van der Waals surface area contributed by atoms with Gasteiger partial charge in [-0.25, -0.2) is 4.98 Å². The third kappa shape index (κ3) is 8.03. The van der Waals surface area contributed by atoms with Gasteiger partial charge in [0.2, 0.25) is 11.8 Å². The van der Waals surface area contributed by atoms with Gasteiger partial charge in [-0.2, -0.15) is 5.10 Å². The molecule has 252 valence electrons. The number of hydrogen-bond donors (Lipinski definition) is 3. The Morgan fingerprint density at radius 1 is 0.938 bits per heavy atom. The van der Waals surface area contributed by atoms with Crippen molar-refractivity contribution in [3.63, 3.8) is 0 Å². The molecule has 0 radical (unpaired) electrons. The summed E-state index contributed by atoms with van der Waals surface area (Å²) in [6.07, 6.45) is 8.39. The van der Waals surface area contributed by atoms with Crippen LogP contribution in [-0.4, -0.2) is 111 Å². The highest BCUT2D eigenvalue weighted by Crippen LogP contribution is 2.29. The Morgan fingerprint density at radius 2 is 1.75 bits per heavy atom. The molecule has 13 heteroatoms. The third-order valence-corrected chi connectivity index (χ3v) is 8.91. The van der Waals surface area contributed by atoms with E-state index >= 15 is 0 Å². The molecule has 0 spiro atoms. The minimum Gasteiger partial charge on any atom is -0.379 e. The Morgan fingerprint density at radius 3 is 2.56 bits per heavy atom. The van der Waals surface area contributed by atoms with Crippen LogP contribution in [0.4, 0.5) is 0 Å². The molecule has 4 aromatic rings. The second-order valence-corrected chi connectivity index (χ2v) is 12.3. The van der Waals surface area contributed by atoms with Crippen molar-refractivity contribution < 1.29 is 19.1 Å². The van der Waals surface area contributed by atoms with Crippen LogP contribution in [-0.2, 0) is 14.3 Å². The summed E-state index contributed by atoms with van der Waals surface area (Å²) >= 11 is 0. The Balaban J connectivity index is 0.942. The molecule has 3 amide bonds. The number of aryl methyl sites for hydroxylation is 1. The summed E-state index contributed by atoms with van der Waals surface area (Å²) in [4.78, 5) is 56.6. The van der Waals surface area contributed by atoms with Gasteiger partial charge >= 0.3 is 0 Å². The van der Waals surface area contributed by atoms with Crippen LogP contribution in [0, 0.1) is 6.92 Å². The lowest BCUT2D eigenvalue weighted by molar-refractivity contribution is -0.140. The molecule has 4 aromatic heterocycles. The predicted molar refractivity (Wildman–Crippen MR) is 181 cm³/mol. The number of H-pyrrole nitrogens is 1. The summed E-state index contributed by atoms with van der Waals surface area (Å²) in [6, 6.07) is 10.9. The number of likely N-dealkylation sites (tertiary alicyclic amines) is 1. The van der Waals surface area contributed by atoms with Crippen LogP contribution in [0.15, 0.2) is 48.8 Å². The van der Waals surface area contributed by atoms with Crippen LogP contribution >= 0.6 is 0 Å². The first-order valence-electron chi connectivity index (χ1n) is 16.9. The molecule has 0 saturated carbocycles. The summed E-state index contributed by atoms with van der Waals surface area (Å²) in [5, 5.41) is 13.3. The molecule has 2 saturated heterocycles. The summed E-state index contributed by atoms with van der Waals surface area (Å²) in [6.45, 7) is 6.81. The number of unbranched alkanes of at least 4 members (excludes halogenated alkanes) is 3. The number of ether oxygens (including phenoxy) is 1. The van der Waals surface area contributed by atoms with E-state index < -0.39 is 0 Å². The van der Waals surface area contributed by atoms with Gasteiger partial charge in [-0.05, 0) is 62.9 Å². The van der Waals surface area contributed by atoms with E-state index in [0.29, 0.717) is 68.1 Å². The lowest BCUT2D eigenvalue weighted by Crippen LogP contribution is -2.50. The molecule has 2 fully saturated rings. The molecule has 48 heavy (non-hydrogen) atoms. The minimum absolute atomic E-state index is 0.0235. The summed E-state index contributed by atoms with van der Waals surface area (Å²) in [7, 11) is 0. The lowest BCUT2D eigenvalue weighted by atomic mass is 10.1. The first kappa shape index (κ1) is 33.2. The van der Waals surface area contributed by atoms with Crippen molar-refractivity contribution in [1.82, 2.24) is 45.6 Å². The van der Waals surface area contributed by atoms with Crippen molar-refractivity contribution in [1.29, 1.82) is 0 Å². The van der Waals surface area contributed by atoms with E-state index in [9.17, 15) is 14.4 Å². The van der Waals surface area contributed by atoms with Gasteiger partial charge in [-0.1, -0.05) is 18.9 Å². The quantitative estimate of drug-likeness (QED) is 0.184. The Kier molecular flexibility index (Phi) is 11.0. The number of aromatic amines is 1. The highest BCUT2D eigenvalue weighted by molar-refractivity contribution is 6.05. The molecule has 2 aliphatic heterocycles. The van der Waals surface area contributed by atoms with E-state index in [1.807, 2.05) is 37.3 Å². The number of aromatic nitrogens is 5. The van der Waals surface area contributed by atoms with Gasteiger partial charge in [0, 0.05) is 50.2 Å². The zero-order valence-corrected chi connectivity index (χ0v) is 27.4. The number of fused-ring (bicyclic) bond motifs is 1. The monoisotopic (exact) mass is 653 g/mol. The fourth-order valence-corrected chi connectivity index (χ4v) is 6.33. The van der Waals surface area contributed by atoms with Crippen LogP contribution in [0.1, 0.15) is 54.6 Å². The molecule has 1 atom stereocenters. The standard InChI is InChI=1S/C35H43N9O4/c1-24-8-6-9-29(40-24)33-26(22-39-42-33)27-11-12-28-32(41-27)25(13-16-36-28)34(46)37-14-4-2-3-5-15-38-35(47)30-10-7-17-44(30)31(45)23-43-18-20-48-21-19-43/h6,8-9,11-13,16,22,30H,2-5,7,10,14-15,17-21,23H2,1H3,(H,37,46)(H,38,47)(H,39,42)/t30-/m0/s1. The summed E-state index contributed by atoms with van der Waals surface area (Å²) < 4.78 is 5.37. The van der Waals surface area contributed by atoms with E-state index in [0.717, 1.165) is 67.8 Å². The van der Waals surface area contributed by atoms with Gasteiger partial charge in [0.1, 0.15) is 11.6 Å². The molecule has 13 nitrogen and oxygen atoms in total. The van der Waals surface area contributed by atoms with E-state index in [1.165, 1.54) is 0 Å². The molecular formula is C35H43N9O4. The second-order valence-electron chi connectivity index (χ2n) is 12.3. The maximum atomic E-state index is 13.2. The molecule has 2 aliphatic rings. The zero-order valence-electron chi connectivity index (χ0n) is 27.4. The Bertz CT molecular complexity index is 1740. The van der Waals surface area contributed by atoms with Gasteiger partial charge in [0.05, 0.1) is 54.1 Å². The van der Waals surface area contributed by atoms with Crippen LogP contribution in [0.3, 0.4) is 0 Å². The first-order valence-corrected chi connectivity index (χ1v) is 16.9. The van der Waals surface area contributed by atoms with Crippen LogP contribution in [0.5, 0.6) is 0 Å². The first-order chi connectivity index (χ1) is 23.5. The second kappa shape index (κ2) is 15.9. The van der Waals surface area contributed by atoms with Gasteiger partial charge in [-0.15, -0.1) is 0 Å². The van der Waals surface area contributed by atoms with E-state index in [-0.39, 0.29) is 23.8 Å². The number of hydrogen-bond acceptors (Lipinski definition) is 9. The van der Waals surface area contributed by atoms with Crippen molar-refractivity contribution in [2.24, 2.45) is 0 Å². The van der Waals surface area contributed by atoms with Crippen molar-refractivity contribution in [2.45, 2.75) is 51.5 Å². The number of morpholine rings is 1. The smallest absolute Gasteiger partial charge is 0.253 e. The van der Waals surface area contributed by atoms with Gasteiger partial charge in [0.15, 0.2) is 0 Å². The summed E-state index contributed by atoms with van der Waals surface area (Å²) in [5.74, 6) is -0.237. The van der Waals surface area contributed by atoms with E-state index in [1.54, 1.807) is 23.4 Å². The maximum absolute atomic E-state index is 13.2. The average molecular weight is 654 g/mol. The highest BCUT2D eigenvalue weighted by atomic mass is 16.5. The number of carbonyl (C=O) groups is 3. The van der Waals surface area contributed by atoms with Crippen molar-refractivity contribution in [3.8, 4) is 22.6 Å². The molecule has 0 unspecified atom stereocenters. The van der Waals surface area contributed by atoms with Crippen LogP contribution in [0.2, 0.25) is 0 Å². The van der Waals surface area contributed by atoms with Gasteiger partial charge in [-0.3, -0.25) is 34.4 Å². The topological polar surface area (TPSA) is 158 Å². The molecule has 0 bridgehead atoms. The predicted octanol–water partition coefficient (Wildman–Crippen LogP) is 3.12. The van der Waals surface area contributed by atoms with E-state index in [4.69, 9.17) is 9.72 Å².